The second-order valence-electron chi connectivity index (χ2n) is 3.82. The van der Waals surface area contributed by atoms with Crippen molar-refractivity contribution in [3.8, 4) is 0 Å². The number of halogens is 2. The fourth-order valence-corrected chi connectivity index (χ4v) is 2.04. The van der Waals surface area contributed by atoms with E-state index in [0.29, 0.717) is 11.4 Å². The van der Waals surface area contributed by atoms with Gasteiger partial charge in [-0.1, -0.05) is 15.9 Å². The Morgan fingerprint density at radius 3 is 2.47 bits per heavy atom. The smallest absolute Gasteiger partial charge is 0.125 e. The Kier molecular flexibility index (Phi) is 3.33. The van der Waals surface area contributed by atoms with E-state index in [9.17, 15) is 4.39 Å². The first-order valence-corrected chi connectivity index (χ1v) is 5.94. The van der Waals surface area contributed by atoms with Crippen LogP contribution in [0.2, 0.25) is 0 Å². The molecule has 0 bridgehead atoms. The van der Waals surface area contributed by atoms with Gasteiger partial charge < -0.3 is 11.1 Å². The van der Waals surface area contributed by atoms with Gasteiger partial charge in [-0.15, -0.1) is 0 Å². The largest absolute Gasteiger partial charge is 0.397 e. The Morgan fingerprint density at radius 1 is 1.12 bits per heavy atom. The van der Waals surface area contributed by atoms with Gasteiger partial charge in [-0.25, -0.2) is 4.39 Å². The molecule has 0 saturated carbocycles. The Hall–Kier alpha value is -1.55. The zero-order chi connectivity index (χ0) is 12.4. The van der Waals surface area contributed by atoms with Crippen molar-refractivity contribution in [3.63, 3.8) is 0 Å². The lowest BCUT2D eigenvalue weighted by Gasteiger charge is -2.12. The van der Waals surface area contributed by atoms with Crippen LogP contribution in [-0.2, 0) is 0 Å². The highest BCUT2D eigenvalue weighted by atomic mass is 79.9. The Morgan fingerprint density at radius 2 is 1.82 bits per heavy atom. The minimum absolute atomic E-state index is 0.333. The van der Waals surface area contributed by atoms with Gasteiger partial charge in [-0.05, 0) is 48.9 Å². The summed E-state index contributed by atoms with van der Waals surface area (Å²) < 4.78 is 13.9. The molecule has 0 atom stereocenters. The van der Waals surface area contributed by atoms with E-state index >= 15 is 0 Å². The van der Waals surface area contributed by atoms with Gasteiger partial charge in [-0.2, -0.15) is 0 Å². The molecule has 0 spiro atoms. The highest BCUT2D eigenvalue weighted by Crippen LogP contribution is 2.27. The van der Waals surface area contributed by atoms with E-state index in [1.807, 2.05) is 25.1 Å². The highest BCUT2D eigenvalue weighted by molar-refractivity contribution is 9.10. The molecule has 0 unspecified atom stereocenters. The molecular formula is C13H12BrFN2. The van der Waals surface area contributed by atoms with Gasteiger partial charge in [0.05, 0.1) is 11.4 Å². The summed E-state index contributed by atoms with van der Waals surface area (Å²) in [6, 6.07) is 10.2. The maximum Gasteiger partial charge on any atom is 0.125 e. The van der Waals surface area contributed by atoms with Gasteiger partial charge in [-0.3, -0.25) is 0 Å². The zero-order valence-electron chi connectivity index (χ0n) is 9.30. The fraction of sp³-hybridized carbons (Fsp3) is 0.0769. The van der Waals surface area contributed by atoms with Crippen LogP contribution in [0.3, 0.4) is 0 Å². The summed E-state index contributed by atoms with van der Waals surface area (Å²) in [4.78, 5) is 0. The molecule has 2 aromatic carbocycles. The van der Waals surface area contributed by atoms with Crippen molar-refractivity contribution in [2.24, 2.45) is 0 Å². The molecule has 0 amide bonds. The van der Waals surface area contributed by atoms with Crippen LogP contribution in [0.5, 0.6) is 0 Å². The number of rotatable bonds is 2. The van der Waals surface area contributed by atoms with Crippen LogP contribution in [0.4, 0.5) is 21.5 Å². The summed E-state index contributed by atoms with van der Waals surface area (Å²) in [7, 11) is 0. The predicted molar refractivity (Wildman–Crippen MR) is 73.0 cm³/mol. The van der Waals surface area contributed by atoms with Crippen LogP contribution in [0.25, 0.3) is 0 Å². The monoisotopic (exact) mass is 294 g/mol. The number of benzene rings is 2. The van der Waals surface area contributed by atoms with Gasteiger partial charge in [0.25, 0.3) is 0 Å². The lowest BCUT2D eigenvalue weighted by molar-refractivity contribution is 0.628. The van der Waals surface area contributed by atoms with Crippen LogP contribution >= 0.6 is 15.9 Å². The maximum atomic E-state index is 12.9. The third-order valence-corrected chi connectivity index (χ3v) is 2.96. The summed E-state index contributed by atoms with van der Waals surface area (Å²) in [5, 5.41) is 3.18. The molecular weight excluding hydrogens is 283 g/mol. The van der Waals surface area contributed by atoms with Crippen LogP contribution in [0, 0.1) is 12.7 Å². The number of nitrogen functional groups attached to an aromatic ring is 1. The van der Waals surface area contributed by atoms with E-state index in [0.717, 1.165) is 15.7 Å². The molecule has 17 heavy (non-hydrogen) atoms. The molecule has 2 nitrogen and oxygen atoms in total. The van der Waals surface area contributed by atoms with E-state index in [2.05, 4.69) is 21.2 Å². The average Bonchev–Trinajstić information content (AvgIpc) is 2.25. The lowest BCUT2D eigenvalue weighted by atomic mass is 10.2. The summed E-state index contributed by atoms with van der Waals surface area (Å²) in [6.45, 7) is 1.99. The molecule has 0 saturated heterocycles. The first kappa shape index (κ1) is 11.9. The molecule has 0 aliphatic heterocycles. The summed E-state index contributed by atoms with van der Waals surface area (Å²) in [5.74, 6) is -0.333. The van der Waals surface area contributed by atoms with E-state index in [1.165, 1.54) is 12.1 Å². The number of hydrogen-bond acceptors (Lipinski definition) is 2. The van der Waals surface area contributed by atoms with E-state index in [1.54, 1.807) is 6.07 Å². The topological polar surface area (TPSA) is 38.0 Å². The van der Waals surface area contributed by atoms with Crippen molar-refractivity contribution >= 4 is 33.0 Å². The number of hydrogen-bond donors (Lipinski definition) is 2. The molecule has 88 valence electrons. The first-order chi connectivity index (χ1) is 8.06. The summed E-state index contributed by atoms with van der Waals surface area (Å²) >= 11 is 3.40. The van der Waals surface area contributed by atoms with Crippen LogP contribution in [0.1, 0.15) is 5.56 Å². The molecule has 0 aromatic heterocycles. The van der Waals surface area contributed by atoms with Crippen molar-refractivity contribution in [2.75, 3.05) is 11.1 Å². The predicted octanol–water partition coefficient (Wildman–Crippen LogP) is 4.22. The van der Waals surface area contributed by atoms with E-state index < -0.39 is 0 Å². The lowest BCUT2D eigenvalue weighted by Crippen LogP contribution is -1.98. The van der Waals surface area contributed by atoms with Gasteiger partial charge in [0.1, 0.15) is 5.82 Å². The van der Waals surface area contributed by atoms with Crippen molar-refractivity contribution in [1.29, 1.82) is 0 Å². The SMILES string of the molecule is Cc1cc(Br)ccc1Nc1ccc(F)cc1N. The molecule has 0 radical (unpaired) electrons. The summed E-state index contributed by atoms with van der Waals surface area (Å²) in [6.07, 6.45) is 0. The summed E-state index contributed by atoms with van der Waals surface area (Å²) in [5.41, 5.74) is 8.88. The quantitative estimate of drug-likeness (QED) is 0.814. The second kappa shape index (κ2) is 4.75. The third-order valence-electron chi connectivity index (χ3n) is 2.47. The molecule has 0 aliphatic rings. The third kappa shape index (κ3) is 2.77. The van der Waals surface area contributed by atoms with Crippen LogP contribution in [0.15, 0.2) is 40.9 Å². The van der Waals surface area contributed by atoms with Gasteiger partial charge in [0.15, 0.2) is 0 Å². The van der Waals surface area contributed by atoms with E-state index in [-0.39, 0.29) is 5.82 Å². The molecule has 0 aliphatic carbocycles. The van der Waals surface area contributed by atoms with Crippen molar-refractivity contribution < 1.29 is 4.39 Å². The first-order valence-electron chi connectivity index (χ1n) is 5.14. The maximum absolute atomic E-state index is 12.9. The number of nitrogens with one attached hydrogen (secondary N) is 1. The van der Waals surface area contributed by atoms with E-state index in [4.69, 9.17) is 5.73 Å². The number of anilines is 3. The minimum Gasteiger partial charge on any atom is -0.397 e. The zero-order valence-corrected chi connectivity index (χ0v) is 10.9. The molecule has 0 fully saturated rings. The van der Waals surface area contributed by atoms with Gasteiger partial charge in [0, 0.05) is 10.2 Å². The van der Waals surface area contributed by atoms with Crippen molar-refractivity contribution in [1.82, 2.24) is 0 Å². The molecule has 2 rings (SSSR count). The van der Waals surface area contributed by atoms with Gasteiger partial charge >= 0.3 is 0 Å². The number of nitrogens with two attached hydrogens (primary N) is 1. The Labute approximate surface area is 108 Å². The highest BCUT2D eigenvalue weighted by Gasteiger charge is 2.03. The Balaban J connectivity index is 2.31. The fourth-order valence-electron chi connectivity index (χ4n) is 1.56. The van der Waals surface area contributed by atoms with Crippen molar-refractivity contribution in [2.45, 2.75) is 6.92 Å². The molecule has 3 N–H and O–H groups in total. The molecule has 0 heterocycles. The molecule has 2 aromatic rings. The standard InChI is InChI=1S/C13H12BrFN2/c1-8-6-9(14)2-4-12(8)17-13-5-3-10(15)7-11(13)16/h2-7,17H,16H2,1H3. The second-order valence-corrected chi connectivity index (χ2v) is 4.73. The normalized spacial score (nSPS) is 10.3. The number of aryl methyl sites for hydroxylation is 1. The van der Waals surface area contributed by atoms with Crippen molar-refractivity contribution in [3.05, 3.63) is 52.3 Å². The van der Waals surface area contributed by atoms with Gasteiger partial charge in [0.2, 0.25) is 0 Å². The average molecular weight is 295 g/mol. The van der Waals surface area contributed by atoms with Crippen LogP contribution < -0.4 is 11.1 Å². The van der Waals surface area contributed by atoms with Crippen LogP contribution in [-0.4, -0.2) is 0 Å². The minimum atomic E-state index is -0.333. The molecule has 4 heteroatoms. The Bertz CT molecular complexity index is 506.